The Hall–Kier alpha value is -2.87. The SMILES string of the molecule is CC(C)(C)N(C(=O)O)C(C)(C)c1ccc(Nc2nc(Cl)ccc2[N+](=O)[O-])cc1. The second kappa shape index (κ2) is 7.63. The van der Waals surface area contributed by atoms with Gasteiger partial charge in [-0.25, -0.2) is 9.78 Å². The molecule has 0 saturated heterocycles. The first-order valence-corrected chi connectivity index (χ1v) is 8.93. The number of nitrogens with one attached hydrogen (secondary N) is 1. The quantitative estimate of drug-likeness (QED) is 0.391. The predicted molar refractivity (Wildman–Crippen MR) is 108 cm³/mol. The van der Waals surface area contributed by atoms with Crippen LogP contribution in [0.5, 0.6) is 0 Å². The molecule has 2 N–H and O–H groups in total. The van der Waals surface area contributed by atoms with Crippen molar-refractivity contribution >= 4 is 34.9 Å². The topological polar surface area (TPSA) is 109 Å². The number of amides is 1. The maximum Gasteiger partial charge on any atom is 0.408 e. The van der Waals surface area contributed by atoms with Gasteiger partial charge in [0.2, 0.25) is 5.82 Å². The lowest BCUT2D eigenvalue weighted by Gasteiger charge is -2.45. The van der Waals surface area contributed by atoms with Crippen LogP contribution < -0.4 is 5.32 Å². The van der Waals surface area contributed by atoms with Crippen LogP contribution >= 0.6 is 11.6 Å². The molecule has 9 heteroatoms. The van der Waals surface area contributed by atoms with Gasteiger partial charge in [0.15, 0.2) is 0 Å². The summed E-state index contributed by atoms with van der Waals surface area (Å²) in [5, 5.41) is 23.9. The molecule has 0 aliphatic heterocycles. The van der Waals surface area contributed by atoms with Crippen LogP contribution in [0.25, 0.3) is 0 Å². The fourth-order valence-electron chi connectivity index (χ4n) is 3.26. The fourth-order valence-corrected chi connectivity index (χ4v) is 3.41. The third-order valence-corrected chi connectivity index (χ3v) is 4.52. The minimum absolute atomic E-state index is 0.0337. The molecule has 1 amide bonds. The highest BCUT2D eigenvalue weighted by Crippen LogP contribution is 2.35. The van der Waals surface area contributed by atoms with Gasteiger partial charge < -0.3 is 10.4 Å². The number of hydrogen-bond acceptors (Lipinski definition) is 5. The van der Waals surface area contributed by atoms with Crippen molar-refractivity contribution in [3.63, 3.8) is 0 Å². The van der Waals surface area contributed by atoms with Gasteiger partial charge in [0.05, 0.1) is 10.5 Å². The molecule has 0 spiro atoms. The molecular weight excluding hydrogens is 384 g/mol. The summed E-state index contributed by atoms with van der Waals surface area (Å²) < 4.78 is 0. The molecule has 0 aliphatic carbocycles. The van der Waals surface area contributed by atoms with Crippen LogP contribution in [0.15, 0.2) is 36.4 Å². The summed E-state index contributed by atoms with van der Waals surface area (Å²) in [7, 11) is 0. The Morgan fingerprint density at radius 2 is 1.71 bits per heavy atom. The predicted octanol–water partition coefficient (Wildman–Crippen LogP) is 5.40. The van der Waals surface area contributed by atoms with Crippen molar-refractivity contribution < 1.29 is 14.8 Å². The Morgan fingerprint density at radius 1 is 1.14 bits per heavy atom. The minimum atomic E-state index is -1.02. The Balaban J connectivity index is 2.35. The average molecular weight is 407 g/mol. The van der Waals surface area contributed by atoms with Crippen molar-refractivity contribution in [2.75, 3.05) is 5.32 Å². The largest absolute Gasteiger partial charge is 0.465 e. The lowest BCUT2D eigenvalue weighted by molar-refractivity contribution is -0.384. The van der Waals surface area contributed by atoms with Gasteiger partial charge in [-0.05, 0) is 58.4 Å². The molecule has 28 heavy (non-hydrogen) atoms. The first-order chi connectivity index (χ1) is 12.8. The van der Waals surface area contributed by atoms with Crippen molar-refractivity contribution in [2.45, 2.75) is 45.7 Å². The molecule has 1 aromatic heterocycles. The molecule has 2 rings (SSSR count). The maximum absolute atomic E-state index is 11.8. The number of hydrogen-bond donors (Lipinski definition) is 2. The van der Waals surface area contributed by atoms with E-state index in [1.165, 1.54) is 17.0 Å². The molecule has 0 bridgehead atoms. The van der Waals surface area contributed by atoms with Crippen LogP contribution in [-0.4, -0.2) is 31.5 Å². The standard InChI is InChI=1S/C19H23ClN4O4/c1-18(2,3)23(17(25)26)19(4,5)12-6-8-13(9-7-12)21-16-14(24(27)28)10-11-15(20)22-16/h6-11H,1-5H3,(H,21,22)(H,25,26). The molecule has 150 valence electrons. The first kappa shape index (κ1) is 21.4. The summed E-state index contributed by atoms with van der Waals surface area (Å²) >= 11 is 5.85. The zero-order valence-electron chi connectivity index (χ0n) is 16.4. The summed E-state index contributed by atoms with van der Waals surface area (Å²) in [5.74, 6) is 0.0337. The third-order valence-electron chi connectivity index (χ3n) is 4.31. The number of halogens is 1. The van der Waals surface area contributed by atoms with Gasteiger partial charge in [-0.3, -0.25) is 15.0 Å². The second-order valence-corrected chi connectivity index (χ2v) is 8.20. The molecule has 0 atom stereocenters. The zero-order valence-corrected chi connectivity index (χ0v) is 17.1. The van der Waals surface area contributed by atoms with E-state index in [1.54, 1.807) is 24.3 Å². The number of aromatic nitrogens is 1. The molecule has 8 nitrogen and oxygen atoms in total. The van der Waals surface area contributed by atoms with E-state index >= 15 is 0 Å². The smallest absolute Gasteiger partial charge is 0.408 e. The number of rotatable bonds is 5. The molecular formula is C19H23ClN4O4. The number of pyridine rings is 1. The van der Waals surface area contributed by atoms with Gasteiger partial charge in [-0.2, -0.15) is 0 Å². The Labute approximate surface area is 168 Å². The van der Waals surface area contributed by atoms with Crippen molar-refractivity contribution in [3.05, 3.63) is 57.2 Å². The lowest BCUT2D eigenvalue weighted by atomic mass is 9.88. The molecule has 0 aliphatic rings. The van der Waals surface area contributed by atoms with Crippen LogP contribution in [0, 0.1) is 10.1 Å². The van der Waals surface area contributed by atoms with Crippen molar-refractivity contribution in [1.82, 2.24) is 9.88 Å². The summed E-state index contributed by atoms with van der Waals surface area (Å²) in [6.45, 7) is 9.17. The van der Waals surface area contributed by atoms with Crippen LogP contribution in [0.2, 0.25) is 5.15 Å². The fraction of sp³-hybridized carbons (Fsp3) is 0.368. The normalized spacial score (nSPS) is 11.8. The van der Waals surface area contributed by atoms with Crippen molar-refractivity contribution in [2.24, 2.45) is 0 Å². The number of carbonyl (C=O) groups is 1. The summed E-state index contributed by atoms with van der Waals surface area (Å²) in [6, 6.07) is 9.62. The van der Waals surface area contributed by atoms with Gasteiger partial charge in [0.25, 0.3) is 0 Å². The van der Waals surface area contributed by atoms with Crippen LogP contribution in [0.3, 0.4) is 0 Å². The van der Waals surface area contributed by atoms with E-state index in [9.17, 15) is 20.0 Å². The van der Waals surface area contributed by atoms with Crippen molar-refractivity contribution in [3.8, 4) is 0 Å². The summed E-state index contributed by atoms with van der Waals surface area (Å²) in [4.78, 5) is 27.8. The Kier molecular flexibility index (Phi) is 5.84. The van der Waals surface area contributed by atoms with Gasteiger partial charge in [0.1, 0.15) is 5.15 Å². The van der Waals surface area contributed by atoms with E-state index in [-0.39, 0.29) is 16.7 Å². The highest BCUT2D eigenvalue weighted by molar-refractivity contribution is 6.29. The van der Waals surface area contributed by atoms with E-state index < -0.39 is 22.1 Å². The maximum atomic E-state index is 11.8. The van der Waals surface area contributed by atoms with Gasteiger partial charge in [-0.15, -0.1) is 0 Å². The number of nitro groups is 1. The van der Waals surface area contributed by atoms with Gasteiger partial charge in [-0.1, -0.05) is 23.7 Å². The van der Waals surface area contributed by atoms with E-state index in [4.69, 9.17) is 11.6 Å². The Morgan fingerprint density at radius 3 is 2.18 bits per heavy atom. The Bertz CT molecular complexity index is 892. The minimum Gasteiger partial charge on any atom is -0.465 e. The van der Waals surface area contributed by atoms with Gasteiger partial charge >= 0.3 is 11.8 Å². The summed E-state index contributed by atoms with van der Waals surface area (Å²) in [5.41, 5.74) is -0.238. The summed E-state index contributed by atoms with van der Waals surface area (Å²) in [6.07, 6.45) is -1.02. The van der Waals surface area contributed by atoms with Crippen LogP contribution in [0.4, 0.5) is 22.0 Å². The van der Waals surface area contributed by atoms with Crippen LogP contribution in [-0.2, 0) is 5.54 Å². The molecule has 0 fully saturated rings. The van der Waals surface area contributed by atoms with Crippen molar-refractivity contribution in [1.29, 1.82) is 0 Å². The zero-order chi connectivity index (χ0) is 21.3. The van der Waals surface area contributed by atoms with E-state index in [0.717, 1.165) is 5.56 Å². The third kappa shape index (κ3) is 4.51. The average Bonchev–Trinajstić information content (AvgIpc) is 2.52. The number of nitrogens with zero attached hydrogens (tertiary/aromatic N) is 3. The monoisotopic (exact) mass is 406 g/mol. The van der Waals surface area contributed by atoms with Gasteiger partial charge in [0, 0.05) is 17.3 Å². The molecule has 2 aromatic rings. The first-order valence-electron chi connectivity index (χ1n) is 8.56. The number of benzene rings is 1. The number of anilines is 2. The lowest BCUT2D eigenvalue weighted by Crippen LogP contribution is -2.54. The second-order valence-electron chi connectivity index (χ2n) is 7.81. The van der Waals surface area contributed by atoms with E-state index in [2.05, 4.69) is 10.3 Å². The molecule has 1 aromatic carbocycles. The highest BCUT2D eigenvalue weighted by atomic mass is 35.5. The number of carboxylic acid groups (broad SMARTS) is 1. The van der Waals surface area contributed by atoms with E-state index in [1.807, 2.05) is 34.6 Å². The molecule has 0 radical (unpaired) electrons. The molecule has 0 saturated carbocycles. The van der Waals surface area contributed by atoms with E-state index in [0.29, 0.717) is 5.69 Å². The highest BCUT2D eigenvalue weighted by Gasteiger charge is 2.39. The molecule has 1 heterocycles. The molecule has 0 unspecified atom stereocenters. The van der Waals surface area contributed by atoms with Crippen LogP contribution in [0.1, 0.15) is 40.2 Å².